The molecule has 2 N–H and O–H groups in total. The van der Waals surface area contributed by atoms with Crippen molar-refractivity contribution in [3.05, 3.63) is 16.4 Å². The largest absolute Gasteiger partial charge is 0.377 e. The van der Waals surface area contributed by atoms with Gasteiger partial charge >= 0.3 is 5.69 Å². The van der Waals surface area contributed by atoms with Gasteiger partial charge in [0.2, 0.25) is 11.6 Å². The molecule has 0 saturated heterocycles. The summed E-state index contributed by atoms with van der Waals surface area (Å²) in [5.74, 6) is 0.368. The van der Waals surface area contributed by atoms with E-state index >= 15 is 0 Å². The average Bonchev–Trinajstić information content (AvgIpc) is 2.35. The third-order valence-electron chi connectivity index (χ3n) is 2.25. The molecule has 0 fully saturated rings. The zero-order chi connectivity index (χ0) is 13.5. The Morgan fingerprint density at radius 3 is 2.72 bits per heavy atom. The van der Waals surface area contributed by atoms with Crippen molar-refractivity contribution < 1.29 is 9.66 Å². The van der Waals surface area contributed by atoms with Gasteiger partial charge in [0.1, 0.15) is 6.33 Å². The highest BCUT2D eigenvalue weighted by Crippen LogP contribution is 2.28. The van der Waals surface area contributed by atoms with Crippen LogP contribution in [0.25, 0.3) is 0 Å². The van der Waals surface area contributed by atoms with Crippen molar-refractivity contribution >= 4 is 17.3 Å². The van der Waals surface area contributed by atoms with Gasteiger partial charge in [-0.1, -0.05) is 0 Å². The van der Waals surface area contributed by atoms with Crippen molar-refractivity contribution in [2.75, 3.05) is 30.8 Å². The van der Waals surface area contributed by atoms with E-state index in [2.05, 4.69) is 20.6 Å². The number of nitrogens with one attached hydrogen (secondary N) is 2. The van der Waals surface area contributed by atoms with E-state index in [9.17, 15) is 10.1 Å². The van der Waals surface area contributed by atoms with Gasteiger partial charge in [-0.3, -0.25) is 10.1 Å². The van der Waals surface area contributed by atoms with Crippen LogP contribution in [-0.2, 0) is 4.74 Å². The molecule has 1 aromatic rings. The minimum atomic E-state index is -0.514. The van der Waals surface area contributed by atoms with E-state index in [1.54, 1.807) is 7.05 Å². The van der Waals surface area contributed by atoms with Crippen LogP contribution in [0.2, 0.25) is 0 Å². The maximum atomic E-state index is 11.0. The Hall–Kier alpha value is -1.96. The molecule has 1 heterocycles. The topological polar surface area (TPSA) is 102 Å². The number of hydrogen-bond donors (Lipinski definition) is 2. The van der Waals surface area contributed by atoms with Crippen molar-refractivity contribution in [1.82, 2.24) is 9.97 Å². The third kappa shape index (κ3) is 3.52. The maximum absolute atomic E-state index is 11.0. The van der Waals surface area contributed by atoms with E-state index < -0.39 is 4.92 Å². The standard InChI is InChI=1S/C10H17N5O3/c1-4-18-7(2)5-12-10-8(15(16)17)9(11-3)13-6-14-10/h6-7H,4-5H2,1-3H3,(H2,11,12,13,14). The highest BCUT2D eigenvalue weighted by molar-refractivity contribution is 5.68. The van der Waals surface area contributed by atoms with Crippen molar-refractivity contribution in [3.63, 3.8) is 0 Å². The van der Waals surface area contributed by atoms with Gasteiger partial charge in [-0.15, -0.1) is 0 Å². The highest BCUT2D eigenvalue weighted by atomic mass is 16.6. The molecule has 0 aliphatic carbocycles. The quantitative estimate of drug-likeness (QED) is 0.558. The van der Waals surface area contributed by atoms with Gasteiger partial charge < -0.3 is 15.4 Å². The maximum Gasteiger partial charge on any atom is 0.353 e. The lowest BCUT2D eigenvalue weighted by atomic mass is 10.3. The van der Waals surface area contributed by atoms with Gasteiger partial charge in [-0.05, 0) is 13.8 Å². The zero-order valence-corrected chi connectivity index (χ0v) is 10.6. The Morgan fingerprint density at radius 1 is 1.50 bits per heavy atom. The van der Waals surface area contributed by atoms with Crippen LogP contribution in [0.3, 0.4) is 0 Å². The Morgan fingerprint density at radius 2 is 2.17 bits per heavy atom. The van der Waals surface area contributed by atoms with E-state index in [4.69, 9.17) is 4.74 Å². The monoisotopic (exact) mass is 255 g/mol. The number of hydrogen-bond acceptors (Lipinski definition) is 7. The van der Waals surface area contributed by atoms with Crippen LogP contribution in [0.5, 0.6) is 0 Å². The van der Waals surface area contributed by atoms with Gasteiger partial charge in [-0.25, -0.2) is 9.97 Å². The van der Waals surface area contributed by atoms with Gasteiger partial charge in [0.25, 0.3) is 0 Å². The second-order valence-electron chi connectivity index (χ2n) is 3.57. The highest BCUT2D eigenvalue weighted by Gasteiger charge is 2.22. The molecule has 0 aromatic carbocycles. The van der Waals surface area contributed by atoms with E-state index in [-0.39, 0.29) is 23.4 Å². The van der Waals surface area contributed by atoms with Crippen molar-refractivity contribution in [2.24, 2.45) is 0 Å². The number of aromatic nitrogens is 2. The molecule has 0 aliphatic rings. The molecular weight excluding hydrogens is 238 g/mol. The minimum Gasteiger partial charge on any atom is -0.377 e. The van der Waals surface area contributed by atoms with Crippen LogP contribution in [0.4, 0.5) is 17.3 Å². The fourth-order valence-corrected chi connectivity index (χ4v) is 1.45. The van der Waals surface area contributed by atoms with Gasteiger partial charge in [0.15, 0.2) is 0 Å². The lowest BCUT2D eigenvalue weighted by molar-refractivity contribution is -0.383. The predicted octanol–water partition coefficient (Wildman–Crippen LogP) is 1.26. The molecule has 18 heavy (non-hydrogen) atoms. The normalized spacial score (nSPS) is 11.9. The Bertz CT molecular complexity index is 412. The first-order valence-electron chi connectivity index (χ1n) is 5.62. The molecule has 8 heteroatoms. The minimum absolute atomic E-state index is 0.0531. The smallest absolute Gasteiger partial charge is 0.353 e. The van der Waals surface area contributed by atoms with Crippen LogP contribution in [-0.4, -0.2) is 41.2 Å². The van der Waals surface area contributed by atoms with E-state index in [1.165, 1.54) is 6.33 Å². The van der Waals surface area contributed by atoms with Crippen LogP contribution in [0, 0.1) is 10.1 Å². The molecular formula is C10H17N5O3. The average molecular weight is 255 g/mol. The predicted molar refractivity (Wildman–Crippen MR) is 67.8 cm³/mol. The van der Waals surface area contributed by atoms with Crippen LogP contribution in [0.15, 0.2) is 6.33 Å². The van der Waals surface area contributed by atoms with Gasteiger partial charge in [-0.2, -0.15) is 0 Å². The number of rotatable bonds is 7. The SMILES string of the molecule is CCOC(C)CNc1ncnc(NC)c1[N+](=O)[O-]. The summed E-state index contributed by atoms with van der Waals surface area (Å²) >= 11 is 0. The molecule has 0 saturated carbocycles. The fourth-order valence-electron chi connectivity index (χ4n) is 1.45. The number of nitrogens with zero attached hydrogens (tertiary/aromatic N) is 3. The molecule has 1 rings (SSSR count). The first-order chi connectivity index (χ1) is 8.60. The second-order valence-corrected chi connectivity index (χ2v) is 3.57. The van der Waals surface area contributed by atoms with E-state index in [0.717, 1.165) is 0 Å². The summed E-state index contributed by atoms with van der Waals surface area (Å²) in [6.07, 6.45) is 1.22. The molecule has 8 nitrogen and oxygen atoms in total. The van der Waals surface area contributed by atoms with Crippen molar-refractivity contribution in [1.29, 1.82) is 0 Å². The molecule has 1 unspecified atom stereocenters. The molecule has 1 atom stereocenters. The summed E-state index contributed by atoms with van der Waals surface area (Å²) in [4.78, 5) is 18.2. The van der Waals surface area contributed by atoms with Gasteiger partial charge in [0.05, 0.1) is 11.0 Å². The molecule has 0 radical (unpaired) electrons. The molecule has 100 valence electrons. The first-order valence-corrected chi connectivity index (χ1v) is 5.62. The summed E-state index contributed by atoms with van der Waals surface area (Å²) in [6, 6.07) is 0. The Labute approximate surface area is 105 Å². The Balaban J connectivity index is 2.85. The van der Waals surface area contributed by atoms with Crippen LogP contribution < -0.4 is 10.6 Å². The molecule has 1 aromatic heterocycles. The lowest BCUT2D eigenvalue weighted by Gasteiger charge is -2.13. The molecule has 0 aliphatic heterocycles. The van der Waals surface area contributed by atoms with Crippen LogP contribution >= 0.6 is 0 Å². The number of nitro groups is 1. The first kappa shape index (κ1) is 14.1. The van der Waals surface area contributed by atoms with Crippen LogP contribution in [0.1, 0.15) is 13.8 Å². The van der Waals surface area contributed by atoms with Gasteiger partial charge in [0, 0.05) is 20.2 Å². The third-order valence-corrected chi connectivity index (χ3v) is 2.25. The van der Waals surface area contributed by atoms with Crippen molar-refractivity contribution in [2.45, 2.75) is 20.0 Å². The molecule has 0 bridgehead atoms. The summed E-state index contributed by atoms with van der Waals surface area (Å²) in [5.41, 5.74) is -0.163. The van der Waals surface area contributed by atoms with E-state index in [1.807, 2.05) is 13.8 Å². The van der Waals surface area contributed by atoms with Crippen molar-refractivity contribution in [3.8, 4) is 0 Å². The molecule has 0 spiro atoms. The number of anilines is 2. The summed E-state index contributed by atoms with van der Waals surface area (Å²) < 4.78 is 5.33. The summed E-state index contributed by atoms with van der Waals surface area (Å²) in [5, 5.41) is 16.5. The zero-order valence-electron chi connectivity index (χ0n) is 10.6. The Kier molecular flexibility index (Phi) is 5.25. The molecule has 0 amide bonds. The summed E-state index contributed by atoms with van der Waals surface area (Å²) in [7, 11) is 1.57. The fraction of sp³-hybridized carbons (Fsp3) is 0.600. The lowest BCUT2D eigenvalue weighted by Crippen LogP contribution is -2.21. The van der Waals surface area contributed by atoms with E-state index in [0.29, 0.717) is 13.2 Å². The number of ether oxygens (including phenoxy) is 1. The summed E-state index contributed by atoms with van der Waals surface area (Å²) in [6.45, 7) is 4.80. The second kappa shape index (κ2) is 6.70.